The number of rotatable bonds is 2. The van der Waals surface area contributed by atoms with Gasteiger partial charge in [0.2, 0.25) is 0 Å². The molecule has 2 fully saturated rings. The molecule has 0 bridgehead atoms. The highest BCUT2D eigenvalue weighted by Gasteiger charge is 2.37. The average Bonchev–Trinajstić information content (AvgIpc) is 2.88. The summed E-state index contributed by atoms with van der Waals surface area (Å²) in [6.45, 7) is 3.88. The molecule has 1 aromatic carbocycles. The van der Waals surface area contributed by atoms with Gasteiger partial charge in [-0.3, -0.25) is 0 Å². The number of piperidine rings is 1. The molecular formula is C17H25FN2. The summed E-state index contributed by atoms with van der Waals surface area (Å²) in [5.74, 6) is -0.123. The lowest BCUT2D eigenvalue weighted by Crippen LogP contribution is -2.40. The molecule has 3 rings (SSSR count). The Balaban J connectivity index is 1.81. The highest BCUT2D eigenvalue weighted by molar-refractivity contribution is 5.56. The summed E-state index contributed by atoms with van der Waals surface area (Å²) in [5.41, 5.74) is 8.26. The third kappa shape index (κ3) is 2.44. The Bertz CT molecular complexity index is 468. The maximum absolute atomic E-state index is 14.3. The van der Waals surface area contributed by atoms with Gasteiger partial charge in [0, 0.05) is 19.1 Å². The van der Waals surface area contributed by atoms with Gasteiger partial charge in [-0.05, 0) is 49.7 Å². The van der Waals surface area contributed by atoms with E-state index >= 15 is 0 Å². The number of hydrogen-bond donors (Lipinski definition) is 1. The summed E-state index contributed by atoms with van der Waals surface area (Å²) in [6, 6.07) is 5.16. The van der Waals surface area contributed by atoms with Gasteiger partial charge in [0.15, 0.2) is 0 Å². The van der Waals surface area contributed by atoms with Crippen LogP contribution in [0.5, 0.6) is 0 Å². The van der Waals surface area contributed by atoms with Crippen LogP contribution in [0.1, 0.15) is 57.1 Å². The standard InChI is InChI=1S/C17H25FN2/c1-13(19)14-5-4-6-15(18)16(14)20-11-9-17(10-12-20)7-2-3-8-17/h4-6,13H,2-3,7-12,19H2,1H3/t13-/m0/s1. The number of nitrogens with two attached hydrogens (primary N) is 1. The van der Waals surface area contributed by atoms with Crippen molar-refractivity contribution in [1.29, 1.82) is 0 Å². The van der Waals surface area contributed by atoms with E-state index in [4.69, 9.17) is 5.73 Å². The predicted molar refractivity (Wildman–Crippen MR) is 81.4 cm³/mol. The number of hydrogen-bond acceptors (Lipinski definition) is 2. The highest BCUT2D eigenvalue weighted by atomic mass is 19.1. The fraction of sp³-hybridized carbons (Fsp3) is 0.647. The van der Waals surface area contributed by atoms with E-state index in [1.807, 2.05) is 13.0 Å². The molecule has 2 nitrogen and oxygen atoms in total. The summed E-state index contributed by atoms with van der Waals surface area (Å²) in [7, 11) is 0. The zero-order valence-corrected chi connectivity index (χ0v) is 12.4. The van der Waals surface area contributed by atoms with Crippen molar-refractivity contribution in [1.82, 2.24) is 0 Å². The summed E-state index contributed by atoms with van der Waals surface area (Å²) in [5, 5.41) is 0. The molecule has 1 saturated heterocycles. The third-order valence-corrected chi connectivity index (χ3v) is 5.31. The number of anilines is 1. The van der Waals surface area contributed by atoms with E-state index in [1.54, 1.807) is 12.1 Å². The fourth-order valence-electron chi connectivity index (χ4n) is 4.06. The Morgan fingerprint density at radius 2 is 1.80 bits per heavy atom. The van der Waals surface area contributed by atoms with Gasteiger partial charge in [-0.25, -0.2) is 4.39 Å². The van der Waals surface area contributed by atoms with Crippen molar-refractivity contribution < 1.29 is 4.39 Å². The Labute approximate surface area is 121 Å². The molecule has 0 unspecified atom stereocenters. The Morgan fingerprint density at radius 3 is 2.40 bits per heavy atom. The Hall–Kier alpha value is -1.09. The second-order valence-corrected chi connectivity index (χ2v) is 6.66. The Kier molecular flexibility index (Phi) is 3.72. The molecule has 0 amide bonds. The minimum Gasteiger partial charge on any atom is -0.369 e. The molecule has 1 saturated carbocycles. The average molecular weight is 276 g/mol. The molecule has 1 spiro atoms. The van der Waals surface area contributed by atoms with Crippen LogP contribution >= 0.6 is 0 Å². The lowest BCUT2D eigenvalue weighted by molar-refractivity contribution is 0.226. The molecule has 20 heavy (non-hydrogen) atoms. The van der Waals surface area contributed by atoms with Crippen molar-refractivity contribution in [2.75, 3.05) is 18.0 Å². The predicted octanol–water partition coefficient (Wildman–Crippen LogP) is 4.01. The van der Waals surface area contributed by atoms with E-state index in [2.05, 4.69) is 4.90 Å². The topological polar surface area (TPSA) is 29.3 Å². The van der Waals surface area contributed by atoms with Crippen molar-refractivity contribution in [3.8, 4) is 0 Å². The Morgan fingerprint density at radius 1 is 1.15 bits per heavy atom. The second kappa shape index (κ2) is 5.36. The second-order valence-electron chi connectivity index (χ2n) is 6.66. The van der Waals surface area contributed by atoms with Crippen LogP contribution in [0.2, 0.25) is 0 Å². The molecule has 2 aliphatic rings. The SMILES string of the molecule is C[C@H](N)c1cccc(F)c1N1CCC2(CCCC2)CC1. The van der Waals surface area contributed by atoms with Crippen molar-refractivity contribution in [2.24, 2.45) is 11.1 Å². The summed E-state index contributed by atoms with van der Waals surface area (Å²) >= 11 is 0. The lowest BCUT2D eigenvalue weighted by atomic mass is 9.77. The van der Waals surface area contributed by atoms with Crippen LogP contribution in [-0.4, -0.2) is 13.1 Å². The highest BCUT2D eigenvalue weighted by Crippen LogP contribution is 2.47. The van der Waals surface area contributed by atoms with Gasteiger partial charge < -0.3 is 10.6 Å². The zero-order valence-electron chi connectivity index (χ0n) is 12.4. The van der Waals surface area contributed by atoms with Gasteiger partial charge in [0.1, 0.15) is 5.82 Å². The van der Waals surface area contributed by atoms with Crippen molar-refractivity contribution in [2.45, 2.75) is 51.5 Å². The molecule has 1 aliphatic carbocycles. The minimum atomic E-state index is -0.123. The monoisotopic (exact) mass is 276 g/mol. The molecule has 0 radical (unpaired) electrons. The van der Waals surface area contributed by atoms with Gasteiger partial charge in [-0.15, -0.1) is 0 Å². The molecule has 1 aromatic rings. The van der Waals surface area contributed by atoms with E-state index in [-0.39, 0.29) is 11.9 Å². The van der Waals surface area contributed by atoms with Crippen LogP contribution in [-0.2, 0) is 0 Å². The van der Waals surface area contributed by atoms with Gasteiger partial charge in [0.25, 0.3) is 0 Å². The van der Waals surface area contributed by atoms with E-state index in [1.165, 1.54) is 38.5 Å². The summed E-state index contributed by atoms with van der Waals surface area (Å²) < 4.78 is 14.3. The smallest absolute Gasteiger partial charge is 0.146 e. The molecule has 1 aliphatic heterocycles. The van der Waals surface area contributed by atoms with Gasteiger partial charge in [-0.1, -0.05) is 25.0 Å². The first-order chi connectivity index (χ1) is 9.61. The normalized spacial score (nSPS) is 23.2. The molecule has 1 atom stereocenters. The van der Waals surface area contributed by atoms with E-state index in [9.17, 15) is 4.39 Å². The molecular weight excluding hydrogens is 251 g/mol. The molecule has 0 aromatic heterocycles. The van der Waals surface area contributed by atoms with Crippen molar-refractivity contribution >= 4 is 5.69 Å². The van der Waals surface area contributed by atoms with E-state index < -0.39 is 0 Å². The van der Waals surface area contributed by atoms with Crippen molar-refractivity contribution in [3.05, 3.63) is 29.6 Å². The lowest BCUT2D eigenvalue weighted by Gasteiger charge is -2.41. The maximum Gasteiger partial charge on any atom is 0.146 e. The molecule has 3 heteroatoms. The van der Waals surface area contributed by atoms with Crippen LogP contribution < -0.4 is 10.6 Å². The van der Waals surface area contributed by atoms with Crippen LogP contribution in [0.4, 0.5) is 10.1 Å². The molecule has 110 valence electrons. The summed E-state index contributed by atoms with van der Waals surface area (Å²) in [4.78, 5) is 2.22. The van der Waals surface area contributed by atoms with Crippen LogP contribution in [0.3, 0.4) is 0 Å². The van der Waals surface area contributed by atoms with Gasteiger partial charge in [0.05, 0.1) is 5.69 Å². The van der Waals surface area contributed by atoms with Gasteiger partial charge in [-0.2, -0.15) is 0 Å². The first-order valence-corrected chi connectivity index (χ1v) is 7.90. The van der Waals surface area contributed by atoms with Gasteiger partial charge >= 0.3 is 0 Å². The first-order valence-electron chi connectivity index (χ1n) is 7.90. The van der Waals surface area contributed by atoms with Crippen LogP contribution in [0.15, 0.2) is 18.2 Å². The third-order valence-electron chi connectivity index (χ3n) is 5.31. The van der Waals surface area contributed by atoms with Crippen LogP contribution in [0, 0.1) is 11.2 Å². The van der Waals surface area contributed by atoms with E-state index in [0.29, 0.717) is 5.41 Å². The zero-order chi connectivity index (χ0) is 14.2. The molecule has 2 N–H and O–H groups in total. The largest absolute Gasteiger partial charge is 0.369 e. The van der Waals surface area contributed by atoms with Crippen molar-refractivity contribution in [3.63, 3.8) is 0 Å². The number of halogens is 1. The minimum absolute atomic E-state index is 0.122. The maximum atomic E-state index is 14.3. The quantitative estimate of drug-likeness (QED) is 0.884. The number of benzene rings is 1. The first kappa shape index (κ1) is 13.9. The summed E-state index contributed by atoms with van der Waals surface area (Å²) in [6.07, 6.45) is 7.92. The fourth-order valence-corrected chi connectivity index (χ4v) is 4.06. The molecule has 1 heterocycles. The van der Waals surface area contributed by atoms with E-state index in [0.717, 1.165) is 24.3 Å². The number of para-hydroxylation sites is 1. The number of nitrogens with zero attached hydrogens (tertiary/aromatic N) is 1. The van der Waals surface area contributed by atoms with Crippen LogP contribution in [0.25, 0.3) is 0 Å².